The number of carbonyl (C=O) groups is 1. The summed E-state index contributed by atoms with van der Waals surface area (Å²) in [5.74, 6) is -0.272. The molecule has 2 aromatic rings. The molecule has 13 heavy (non-hydrogen) atoms. The lowest BCUT2D eigenvalue weighted by Gasteiger charge is -1.93. The number of nitrogens with zero attached hydrogens (tertiary/aromatic N) is 2. The van der Waals surface area contributed by atoms with Crippen molar-refractivity contribution in [2.45, 2.75) is 6.92 Å². The van der Waals surface area contributed by atoms with E-state index in [1.54, 1.807) is 6.07 Å². The van der Waals surface area contributed by atoms with Gasteiger partial charge in [0.05, 0.1) is 6.20 Å². The van der Waals surface area contributed by atoms with Crippen molar-refractivity contribution in [2.75, 3.05) is 0 Å². The molecule has 66 valence electrons. The van der Waals surface area contributed by atoms with Crippen LogP contribution in [0.1, 0.15) is 11.7 Å². The Morgan fingerprint density at radius 1 is 1.62 bits per heavy atom. The van der Waals surface area contributed by atoms with Crippen molar-refractivity contribution in [3.05, 3.63) is 28.8 Å². The van der Waals surface area contributed by atoms with Gasteiger partial charge in [0.25, 0.3) is 5.56 Å². The molecule has 0 fully saturated rings. The van der Waals surface area contributed by atoms with Gasteiger partial charge >= 0.3 is 0 Å². The molecule has 0 saturated carbocycles. The maximum absolute atomic E-state index is 11.3. The van der Waals surface area contributed by atoms with Crippen LogP contribution in [0.15, 0.2) is 23.3 Å². The number of aromatic amines is 1. The molecule has 2 aromatic heterocycles. The van der Waals surface area contributed by atoms with Crippen LogP contribution in [-0.4, -0.2) is 20.7 Å². The van der Waals surface area contributed by atoms with Gasteiger partial charge in [-0.1, -0.05) is 0 Å². The molecule has 5 heteroatoms. The lowest BCUT2D eigenvalue weighted by atomic mass is 10.3. The van der Waals surface area contributed by atoms with E-state index in [1.807, 2.05) is 0 Å². The van der Waals surface area contributed by atoms with Gasteiger partial charge in [0.1, 0.15) is 5.52 Å². The lowest BCUT2D eigenvalue weighted by Crippen LogP contribution is -2.15. The number of carbonyl (C=O) groups excluding carboxylic acids is 1. The largest absolute Gasteiger partial charge is 0.327 e. The summed E-state index contributed by atoms with van der Waals surface area (Å²) in [6, 6.07) is 1.70. The van der Waals surface area contributed by atoms with Gasteiger partial charge in [0, 0.05) is 18.5 Å². The van der Waals surface area contributed by atoms with Gasteiger partial charge in [0.2, 0.25) is 5.91 Å². The molecule has 5 nitrogen and oxygen atoms in total. The molecule has 0 unspecified atom stereocenters. The van der Waals surface area contributed by atoms with Crippen LogP contribution in [0, 0.1) is 0 Å². The molecule has 0 radical (unpaired) electrons. The van der Waals surface area contributed by atoms with Gasteiger partial charge in [-0.15, -0.1) is 0 Å². The summed E-state index contributed by atoms with van der Waals surface area (Å²) in [4.78, 5) is 24.8. The van der Waals surface area contributed by atoms with E-state index in [1.165, 1.54) is 19.3 Å². The highest BCUT2D eigenvalue weighted by molar-refractivity contribution is 5.88. The molecule has 0 amide bonds. The van der Waals surface area contributed by atoms with Gasteiger partial charge in [0.15, 0.2) is 0 Å². The maximum atomic E-state index is 11.3. The summed E-state index contributed by atoms with van der Waals surface area (Å²) in [6.45, 7) is 1.36. The average Bonchev–Trinajstić information content (AvgIpc) is 2.49. The topological polar surface area (TPSA) is 67.8 Å². The minimum absolute atomic E-state index is 0.272. The van der Waals surface area contributed by atoms with E-state index in [0.717, 1.165) is 4.68 Å². The molecule has 0 aliphatic heterocycles. The average molecular weight is 177 g/mol. The van der Waals surface area contributed by atoms with Crippen molar-refractivity contribution in [3.8, 4) is 0 Å². The van der Waals surface area contributed by atoms with Crippen LogP contribution in [0.5, 0.6) is 0 Å². The fourth-order valence-electron chi connectivity index (χ4n) is 1.22. The Morgan fingerprint density at radius 3 is 3.08 bits per heavy atom. The number of nitrogens with one attached hydrogen (secondary N) is 1. The highest BCUT2D eigenvalue weighted by Crippen LogP contribution is 2.06. The van der Waals surface area contributed by atoms with Crippen LogP contribution >= 0.6 is 0 Å². The summed E-state index contributed by atoms with van der Waals surface area (Å²) >= 11 is 0. The van der Waals surface area contributed by atoms with Gasteiger partial charge < -0.3 is 4.98 Å². The monoisotopic (exact) mass is 177 g/mol. The van der Waals surface area contributed by atoms with Gasteiger partial charge in [-0.2, -0.15) is 9.78 Å². The quantitative estimate of drug-likeness (QED) is 0.632. The number of pyridine rings is 1. The second-order valence-corrected chi connectivity index (χ2v) is 2.69. The zero-order valence-electron chi connectivity index (χ0n) is 6.94. The number of fused-ring (bicyclic) bond motifs is 1. The third-order valence-electron chi connectivity index (χ3n) is 1.79. The summed E-state index contributed by atoms with van der Waals surface area (Å²) < 4.78 is 1.09. The zero-order valence-corrected chi connectivity index (χ0v) is 6.94. The third kappa shape index (κ3) is 1.05. The van der Waals surface area contributed by atoms with E-state index in [4.69, 9.17) is 0 Å². The molecule has 2 heterocycles. The Kier molecular flexibility index (Phi) is 1.51. The van der Waals surface area contributed by atoms with Crippen molar-refractivity contribution in [1.29, 1.82) is 0 Å². The molecule has 0 aliphatic carbocycles. The molecule has 0 aromatic carbocycles. The number of aromatic nitrogens is 3. The van der Waals surface area contributed by atoms with Crippen molar-refractivity contribution >= 4 is 16.8 Å². The Morgan fingerprint density at radius 2 is 2.38 bits per heavy atom. The van der Waals surface area contributed by atoms with E-state index in [2.05, 4.69) is 10.1 Å². The number of hydrogen-bond donors (Lipinski definition) is 1. The van der Waals surface area contributed by atoms with E-state index in [-0.39, 0.29) is 11.5 Å². The first-order valence-electron chi connectivity index (χ1n) is 3.76. The normalized spacial score (nSPS) is 10.5. The van der Waals surface area contributed by atoms with Crippen LogP contribution in [0.25, 0.3) is 10.9 Å². The first-order valence-corrected chi connectivity index (χ1v) is 3.76. The molecule has 0 aliphatic rings. The fraction of sp³-hybridized carbons (Fsp3) is 0.125. The van der Waals surface area contributed by atoms with Crippen LogP contribution in [0.4, 0.5) is 0 Å². The second kappa shape index (κ2) is 2.55. The van der Waals surface area contributed by atoms with Crippen molar-refractivity contribution < 1.29 is 4.79 Å². The molecular formula is C8H7N3O2. The molecule has 0 bridgehead atoms. The number of rotatable bonds is 0. The van der Waals surface area contributed by atoms with Crippen LogP contribution in [-0.2, 0) is 0 Å². The first kappa shape index (κ1) is 7.72. The minimum atomic E-state index is -0.301. The third-order valence-corrected chi connectivity index (χ3v) is 1.79. The van der Waals surface area contributed by atoms with E-state index in [9.17, 15) is 9.59 Å². The second-order valence-electron chi connectivity index (χ2n) is 2.69. The Balaban J connectivity index is 2.95. The first-order chi connectivity index (χ1) is 6.20. The van der Waals surface area contributed by atoms with Crippen molar-refractivity contribution in [2.24, 2.45) is 0 Å². The highest BCUT2D eigenvalue weighted by Gasteiger charge is 2.08. The van der Waals surface area contributed by atoms with Crippen LogP contribution in [0.3, 0.4) is 0 Å². The van der Waals surface area contributed by atoms with Gasteiger partial charge in [-0.25, -0.2) is 0 Å². The van der Waals surface area contributed by atoms with E-state index < -0.39 is 0 Å². The van der Waals surface area contributed by atoms with Crippen LogP contribution in [0.2, 0.25) is 0 Å². The molecule has 0 spiro atoms. The van der Waals surface area contributed by atoms with E-state index in [0.29, 0.717) is 10.9 Å². The zero-order chi connectivity index (χ0) is 9.42. The smallest absolute Gasteiger partial charge is 0.274 e. The predicted molar refractivity (Wildman–Crippen MR) is 46.7 cm³/mol. The predicted octanol–water partition coefficient (Wildman–Crippen LogP) is 0.385. The molecule has 0 atom stereocenters. The number of H-pyrrole nitrogens is 1. The summed E-state index contributed by atoms with van der Waals surface area (Å²) in [5.41, 5.74) is 0.000185. The van der Waals surface area contributed by atoms with Crippen molar-refractivity contribution in [1.82, 2.24) is 14.8 Å². The highest BCUT2D eigenvalue weighted by atomic mass is 16.2. The molecule has 2 rings (SSSR count). The standard InChI is InChI=1S/C8H7N3O2/c1-5(12)11-7-6(4-10-11)2-3-9-8(7)13/h2-4H,1H3,(H,9,13). The Bertz CT molecular complexity index is 523. The molecular weight excluding hydrogens is 170 g/mol. The Labute approximate surface area is 73.0 Å². The molecule has 1 N–H and O–H groups in total. The summed E-state index contributed by atoms with van der Waals surface area (Å²) in [6.07, 6.45) is 3.02. The van der Waals surface area contributed by atoms with Crippen LogP contribution < -0.4 is 5.56 Å². The lowest BCUT2D eigenvalue weighted by molar-refractivity contribution is 0.0926. The maximum Gasteiger partial charge on any atom is 0.274 e. The van der Waals surface area contributed by atoms with Crippen molar-refractivity contribution in [3.63, 3.8) is 0 Å². The SMILES string of the molecule is CC(=O)n1ncc2cc[nH]c(=O)c21. The summed E-state index contributed by atoms with van der Waals surface area (Å²) in [5, 5.41) is 4.47. The molecule has 0 saturated heterocycles. The van der Waals surface area contributed by atoms with E-state index >= 15 is 0 Å². The summed E-state index contributed by atoms with van der Waals surface area (Å²) in [7, 11) is 0. The van der Waals surface area contributed by atoms with Gasteiger partial charge in [-0.05, 0) is 6.07 Å². The fourth-order valence-corrected chi connectivity index (χ4v) is 1.22. The number of hydrogen-bond acceptors (Lipinski definition) is 3. The minimum Gasteiger partial charge on any atom is -0.327 e. The van der Waals surface area contributed by atoms with Gasteiger partial charge in [-0.3, -0.25) is 9.59 Å². The Hall–Kier alpha value is -1.91.